The molecule has 4 heteroatoms. The fourth-order valence-electron chi connectivity index (χ4n) is 3.49. The Labute approximate surface area is 161 Å². The van der Waals surface area contributed by atoms with Gasteiger partial charge in [-0.25, -0.2) is 0 Å². The summed E-state index contributed by atoms with van der Waals surface area (Å²) >= 11 is 0. The van der Waals surface area contributed by atoms with Crippen molar-refractivity contribution >= 4 is 5.91 Å². The summed E-state index contributed by atoms with van der Waals surface area (Å²) in [7, 11) is 0. The molecule has 1 aliphatic heterocycles. The molecule has 27 heavy (non-hydrogen) atoms. The molecule has 0 spiro atoms. The van der Waals surface area contributed by atoms with Gasteiger partial charge in [0.1, 0.15) is 5.75 Å². The van der Waals surface area contributed by atoms with Crippen molar-refractivity contribution in [2.24, 2.45) is 5.92 Å². The van der Waals surface area contributed by atoms with Gasteiger partial charge in [-0.1, -0.05) is 35.9 Å². The highest BCUT2D eigenvalue weighted by molar-refractivity contribution is 5.77. The number of ether oxygens (including phenoxy) is 1. The molecule has 2 aromatic carbocycles. The second-order valence-corrected chi connectivity index (χ2v) is 7.28. The van der Waals surface area contributed by atoms with Crippen molar-refractivity contribution in [3.8, 4) is 11.8 Å². The first-order valence-electron chi connectivity index (χ1n) is 9.60. The van der Waals surface area contributed by atoms with Crippen LogP contribution in [0.2, 0.25) is 0 Å². The molecule has 0 bridgehead atoms. The number of carbonyl (C=O) groups is 1. The number of benzene rings is 2. The van der Waals surface area contributed by atoms with Crippen LogP contribution in [0.25, 0.3) is 0 Å². The summed E-state index contributed by atoms with van der Waals surface area (Å²) in [5.74, 6) is 1.27. The molecule has 0 unspecified atom stereocenters. The number of hydrogen-bond acceptors (Lipinski definition) is 3. The number of amides is 1. The van der Waals surface area contributed by atoms with Crippen LogP contribution in [0.4, 0.5) is 0 Å². The molecule has 1 amide bonds. The van der Waals surface area contributed by atoms with E-state index in [4.69, 9.17) is 10.00 Å². The Bertz CT molecular complexity index is 800. The number of piperidine rings is 1. The number of nitrogens with zero attached hydrogens (tertiary/aromatic N) is 2. The van der Waals surface area contributed by atoms with E-state index in [2.05, 4.69) is 37.3 Å². The zero-order chi connectivity index (χ0) is 19.1. The van der Waals surface area contributed by atoms with Crippen molar-refractivity contribution in [3.05, 3.63) is 65.2 Å². The van der Waals surface area contributed by atoms with Gasteiger partial charge in [0.05, 0.1) is 11.6 Å². The molecule has 4 nitrogen and oxygen atoms in total. The summed E-state index contributed by atoms with van der Waals surface area (Å²) < 4.78 is 5.56. The van der Waals surface area contributed by atoms with Gasteiger partial charge in [-0.15, -0.1) is 0 Å². The topological polar surface area (TPSA) is 53.3 Å². The average molecular weight is 362 g/mol. The molecule has 1 aliphatic rings. The van der Waals surface area contributed by atoms with Gasteiger partial charge < -0.3 is 9.64 Å². The third-order valence-electron chi connectivity index (χ3n) is 5.25. The number of nitriles is 1. The van der Waals surface area contributed by atoms with Crippen LogP contribution in [0.5, 0.6) is 5.75 Å². The van der Waals surface area contributed by atoms with Crippen molar-refractivity contribution < 1.29 is 9.53 Å². The Hall–Kier alpha value is -2.80. The lowest BCUT2D eigenvalue weighted by Gasteiger charge is -2.32. The Morgan fingerprint density at radius 1 is 1.19 bits per heavy atom. The average Bonchev–Trinajstić information content (AvgIpc) is 2.72. The number of likely N-dealkylation sites (tertiary alicyclic amines) is 1. The monoisotopic (exact) mass is 362 g/mol. The first kappa shape index (κ1) is 19.0. The predicted molar refractivity (Wildman–Crippen MR) is 105 cm³/mol. The van der Waals surface area contributed by atoms with E-state index in [-0.39, 0.29) is 12.5 Å². The van der Waals surface area contributed by atoms with Gasteiger partial charge in [0.15, 0.2) is 6.61 Å². The lowest BCUT2D eigenvalue weighted by molar-refractivity contribution is -0.134. The van der Waals surface area contributed by atoms with Gasteiger partial charge in [0.25, 0.3) is 5.91 Å². The molecule has 2 aromatic rings. The second-order valence-electron chi connectivity index (χ2n) is 7.28. The maximum atomic E-state index is 12.4. The van der Waals surface area contributed by atoms with Crippen LogP contribution in [0, 0.1) is 24.2 Å². The maximum absolute atomic E-state index is 12.4. The number of carbonyl (C=O) groups excluding carboxylic acids is 1. The van der Waals surface area contributed by atoms with Crippen molar-refractivity contribution in [1.29, 1.82) is 5.26 Å². The molecule has 1 saturated heterocycles. The summed E-state index contributed by atoms with van der Waals surface area (Å²) in [4.78, 5) is 14.3. The molecular weight excluding hydrogens is 336 g/mol. The first-order valence-corrected chi connectivity index (χ1v) is 9.60. The summed E-state index contributed by atoms with van der Waals surface area (Å²) in [6, 6.07) is 17.7. The van der Waals surface area contributed by atoms with Crippen LogP contribution in [-0.4, -0.2) is 30.5 Å². The molecular formula is C23H26N2O2. The zero-order valence-electron chi connectivity index (χ0n) is 15.9. The third-order valence-corrected chi connectivity index (χ3v) is 5.25. The third kappa shape index (κ3) is 5.59. The normalized spacial score (nSPS) is 14.6. The van der Waals surface area contributed by atoms with Gasteiger partial charge in [-0.05, 0) is 62.3 Å². The standard InChI is InChI=1S/C23H26N2O2/c1-18-5-7-19(8-6-18)9-10-20-11-13-25(14-12-20)23(26)17-27-22-4-2-3-21(15-22)16-24/h2-8,15,20H,9-14,17H2,1H3. The van der Waals surface area contributed by atoms with Crippen molar-refractivity contribution in [1.82, 2.24) is 4.90 Å². The van der Waals surface area contributed by atoms with E-state index in [1.54, 1.807) is 24.3 Å². The van der Waals surface area contributed by atoms with Gasteiger partial charge in [-0.2, -0.15) is 5.26 Å². The van der Waals surface area contributed by atoms with Gasteiger partial charge in [0.2, 0.25) is 0 Å². The predicted octanol–water partition coefficient (Wildman–Crippen LogP) is 4.12. The van der Waals surface area contributed by atoms with E-state index >= 15 is 0 Å². The van der Waals surface area contributed by atoms with Gasteiger partial charge in [0, 0.05) is 13.1 Å². The Morgan fingerprint density at radius 2 is 1.93 bits per heavy atom. The van der Waals surface area contributed by atoms with E-state index in [0.29, 0.717) is 17.2 Å². The highest BCUT2D eigenvalue weighted by atomic mass is 16.5. The molecule has 3 rings (SSSR count). The summed E-state index contributed by atoms with van der Waals surface area (Å²) in [5.41, 5.74) is 3.23. The Balaban J connectivity index is 1.39. The van der Waals surface area contributed by atoms with E-state index in [9.17, 15) is 4.79 Å². The fraction of sp³-hybridized carbons (Fsp3) is 0.391. The van der Waals surface area contributed by atoms with Crippen LogP contribution in [0.1, 0.15) is 36.0 Å². The van der Waals surface area contributed by atoms with Crippen molar-refractivity contribution in [3.63, 3.8) is 0 Å². The lowest BCUT2D eigenvalue weighted by atomic mass is 9.90. The Morgan fingerprint density at radius 3 is 2.63 bits per heavy atom. The molecule has 0 aliphatic carbocycles. The van der Waals surface area contributed by atoms with Crippen LogP contribution in [0.15, 0.2) is 48.5 Å². The number of rotatable bonds is 6. The fourth-order valence-corrected chi connectivity index (χ4v) is 3.49. The molecule has 0 atom stereocenters. The van der Waals surface area contributed by atoms with E-state index in [0.717, 1.165) is 32.4 Å². The maximum Gasteiger partial charge on any atom is 0.260 e. The smallest absolute Gasteiger partial charge is 0.260 e. The molecule has 0 saturated carbocycles. The molecule has 1 heterocycles. The van der Waals surface area contributed by atoms with Crippen LogP contribution in [0.3, 0.4) is 0 Å². The summed E-state index contributed by atoms with van der Waals surface area (Å²) in [6.07, 6.45) is 4.41. The summed E-state index contributed by atoms with van der Waals surface area (Å²) in [5, 5.41) is 8.92. The van der Waals surface area contributed by atoms with Crippen LogP contribution in [-0.2, 0) is 11.2 Å². The first-order chi connectivity index (χ1) is 13.1. The highest BCUT2D eigenvalue weighted by Gasteiger charge is 2.22. The molecule has 0 aromatic heterocycles. The van der Waals surface area contributed by atoms with E-state index in [1.807, 2.05) is 4.90 Å². The van der Waals surface area contributed by atoms with Crippen LogP contribution >= 0.6 is 0 Å². The molecule has 0 N–H and O–H groups in total. The van der Waals surface area contributed by atoms with Crippen molar-refractivity contribution in [2.45, 2.75) is 32.6 Å². The van der Waals surface area contributed by atoms with E-state index in [1.165, 1.54) is 17.5 Å². The largest absolute Gasteiger partial charge is 0.484 e. The SMILES string of the molecule is Cc1ccc(CCC2CCN(C(=O)COc3cccc(C#N)c3)CC2)cc1. The lowest BCUT2D eigenvalue weighted by Crippen LogP contribution is -2.41. The summed E-state index contributed by atoms with van der Waals surface area (Å²) in [6.45, 7) is 3.75. The molecule has 140 valence electrons. The Kier molecular flexibility index (Phi) is 6.49. The van der Waals surface area contributed by atoms with Gasteiger partial charge >= 0.3 is 0 Å². The number of hydrogen-bond donors (Lipinski definition) is 0. The zero-order valence-corrected chi connectivity index (χ0v) is 15.9. The number of aryl methyl sites for hydroxylation is 2. The van der Waals surface area contributed by atoms with Gasteiger partial charge in [-0.3, -0.25) is 4.79 Å². The minimum atomic E-state index is 0.0225. The van der Waals surface area contributed by atoms with E-state index < -0.39 is 0 Å². The minimum Gasteiger partial charge on any atom is -0.484 e. The molecule has 1 fully saturated rings. The highest BCUT2D eigenvalue weighted by Crippen LogP contribution is 2.23. The van der Waals surface area contributed by atoms with Crippen molar-refractivity contribution in [2.75, 3.05) is 19.7 Å². The molecule has 0 radical (unpaired) electrons. The second kappa shape index (κ2) is 9.23. The van der Waals surface area contributed by atoms with Crippen LogP contribution < -0.4 is 4.74 Å². The quantitative estimate of drug-likeness (QED) is 0.777. The minimum absolute atomic E-state index is 0.0225.